The van der Waals surface area contributed by atoms with Crippen molar-refractivity contribution in [1.82, 2.24) is 5.32 Å². The van der Waals surface area contributed by atoms with Crippen LogP contribution >= 0.6 is 15.9 Å². The van der Waals surface area contributed by atoms with E-state index in [9.17, 15) is 18.3 Å². The lowest BCUT2D eigenvalue weighted by molar-refractivity contribution is -0.138. The molecule has 1 atom stereocenters. The van der Waals surface area contributed by atoms with Gasteiger partial charge in [0.05, 0.1) is 5.56 Å². The van der Waals surface area contributed by atoms with E-state index in [0.29, 0.717) is 16.5 Å². The molecule has 2 nitrogen and oxygen atoms in total. The van der Waals surface area contributed by atoms with E-state index in [-0.39, 0.29) is 5.92 Å². The predicted octanol–water partition coefficient (Wildman–Crippen LogP) is 3.72. The molecule has 1 saturated heterocycles. The molecule has 0 amide bonds. The van der Waals surface area contributed by atoms with Gasteiger partial charge in [-0.15, -0.1) is 0 Å². The zero-order valence-corrected chi connectivity index (χ0v) is 11.8. The molecule has 0 aromatic heterocycles. The summed E-state index contributed by atoms with van der Waals surface area (Å²) < 4.78 is 38.7. The van der Waals surface area contributed by atoms with Crippen LogP contribution in [0.2, 0.25) is 0 Å². The second-order valence-electron chi connectivity index (χ2n) is 4.88. The molecule has 2 N–H and O–H groups in total. The van der Waals surface area contributed by atoms with Crippen molar-refractivity contribution in [3.8, 4) is 5.75 Å². The number of rotatable bonds is 2. The van der Waals surface area contributed by atoms with Crippen LogP contribution < -0.4 is 5.32 Å². The number of halogens is 4. The highest BCUT2D eigenvalue weighted by atomic mass is 79.9. The number of phenols is 1. The third-order valence-corrected chi connectivity index (χ3v) is 3.82. The Morgan fingerprint density at radius 1 is 1.37 bits per heavy atom. The molecule has 2 rings (SSSR count). The molecule has 0 bridgehead atoms. The first kappa shape index (κ1) is 14.7. The van der Waals surface area contributed by atoms with Gasteiger partial charge in [-0.1, -0.05) is 15.9 Å². The van der Waals surface area contributed by atoms with Crippen molar-refractivity contribution >= 4 is 15.9 Å². The first-order chi connectivity index (χ1) is 8.88. The van der Waals surface area contributed by atoms with Gasteiger partial charge >= 0.3 is 6.18 Å². The summed E-state index contributed by atoms with van der Waals surface area (Å²) in [5, 5.41) is 13.0. The average molecular weight is 338 g/mol. The molecule has 1 aromatic carbocycles. The van der Waals surface area contributed by atoms with Crippen molar-refractivity contribution in [3.05, 3.63) is 27.7 Å². The van der Waals surface area contributed by atoms with Crippen molar-refractivity contribution < 1.29 is 18.3 Å². The lowest BCUT2D eigenvalue weighted by atomic mass is 9.91. The number of hydrogen-bond acceptors (Lipinski definition) is 2. The van der Waals surface area contributed by atoms with Gasteiger partial charge in [0.1, 0.15) is 5.75 Å². The molecule has 0 radical (unpaired) electrons. The van der Waals surface area contributed by atoms with Crippen LogP contribution in [0.4, 0.5) is 13.2 Å². The quantitative estimate of drug-likeness (QED) is 0.862. The van der Waals surface area contributed by atoms with Crippen LogP contribution in [0, 0.1) is 5.92 Å². The molecule has 0 saturated carbocycles. The summed E-state index contributed by atoms with van der Waals surface area (Å²) in [6, 6.07) is 2.48. The maximum atomic E-state index is 12.8. The number of aromatic hydroxyl groups is 1. The SMILES string of the molecule is Oc1c(CC2CCCNC2)cc(Br)cc1C(F)(F)F. The summed E-state index contributed by atoms with van der Waals surface area (Å²) in [7, 11) is 0. The summed E-state index contributed by atoms with van der Waals surface area (Å²) in [6.45, 7) is 1.74. The van der Waals surface area contributed by atoms with Gasteiger partial charge in [0, 0.05) is 4.47 Å². The minimum Gasteiger partial charge on any atom is -0.507 e. The van der Waals surface area contributed by atoms with Crippen LogP contribution in [0.5, 0.6) is 5.75 Å². The molecule has 1 aliphatic rings. The van der Waals surface area contributed by atoms with Crippen LogP contribution in [0.15, 0.2) is 16.6 Å². The minimum absolute atomic E-state index is 0.273. The fourth-order valence-corrected chi connectivity index (χ4v) is 2.94. The van der Waals surface area contributed by atoms with E-state index in [4.69, 9.17) is 0 Å². The molecule has 0 aliphatic carbocycles. The van der Waals surface area contributed by atoms with Crippen molar-refractivity contribution in [2.45, 2.75) is 25.4 Å². The molecular weight excluding hydrogens is 323 g/mol. The molecule has 19 heavy (non-hydrogen) atoms. The fraction of sp³-hybridized carbons (Fsp3) is 0.538. The summed E-state index contributed by atoms with van der Waals surface area (Å²) >= 11 is 3.08. The molecular formula is C13H15BrF3NO. The second-order valence-corrected chi connectivity index (χ2v) is 5.79. The highest BCUT2D eigenvalue weighted by Gasteiger charge is 2.35. The van der Waals surface area contributed by atoms with E-state index >= 15 is 0 Å². The number of benzene rings is 1. The number of piperidine rings is 1. The Bertz CT molecular complexity index is 456. The van der Waals surface area contributed by atoms with Gasteiger partial charge in [-0.05, 0) is 56.0 Å². The normalized spacial score (nSPS) is 20.5. The molecule has 1 heterocycles. The Labute approximate surface area is 118 Å². The Morgan fingerprint density at radius 2 is 2.11 bits per heavy atom. The lowest BCUT2D eigenvalue weighted by Gasteiger charge is -2.23. The van der Waals surface area contributed by atoms with Gasteiger partial charge in [0.2, 0.25) is 0 Å². The molecule has 1 aliphatic heterocycles. The van der Waals surface area contributed by atoms with Crippen LogP contribution in [-0.2, 0) is 12.6 Å². The average Bonchev–Trinajstić information content (AvgIpc) is 2.33. The van der Waals surface area contributed by atoms with Gasteiger partial charge in [0.15, 0.2) is 0 Å². The molecule has 106 valence electrons. The lowest BCUT2D eigenvalue weighted by Crippen LogP contribution is -2.30. The van der Waals surface area contributed by atoms with Crippen molar-refractivity contribution in [2.75, 3.05) is 13.1 Å². The van der Waals surface area contributed by atoms with Crippen LogP contribution in [0.25, 0.3) is 0 Å². The molecule has 1 aromatic rings. The van der Waals surface area contributed by atoms with E-state index in [1.54, 1.807) is 6.07 Å². The van der Waals surface area contributed by atoms with Crippen molar-refractivity contribution in [2.24, 2.45) is 5.92 Å². The van der Waals surface area contributed by atoms with Gasteiger partial charge < -0.3 is 10.4 Å². The van der Waals surface area contributed by atoms with Gasteiger partial charge in [-0.3, -0.25) is 0 Å². The Kier molecular flexibility index (Phi) is 4.40. The zero-order chi connectivity index (χ0) is 14.0. The van der Waals surface area contributed by atoms with E-state index in [1.165, 1.54) is 0 Å². The maximum absolute atomic E-state index is 12.8. The van der Waals surface area contributed by atoms with Crippen molar-refractivity contribution in [1.29, 1.82) is 0 Å². The van der Waals surface area contributed by atoms with Crippen molar-refractivity contribution in [3.63, 3.8) is 0 Å². The predicted molar refractivity (Wildman–Crippen MR) is 70.1 cm³/mol. The van der Waals surface area contributed by atoms with Gasteiger partial charge in [0.25, 0.3) is 0 Å². The number of hydrogen-bond donors (Lipinski definition) is 2. The third kappa shape index (κ3) is 3.63. The van der Waals surface area contributed by atoms with Gasteiger partial charge in [-0.25, -0.2) is 0 Å². The van der Waals surface area contributed by atoms with E-state index in [2.05, 4.69) is 21.2 Å². The number of phenolic OH excluding ortho intramolecular Hbond substituents is 1. The summed E-state index contributed by atoms with van der Waals surface area (Å²) in [5.41, 5.74) is -0.615. The van der Waals surface area contributed by atoms with Crippen LogP contribution in [0.1, 0.15) is 24.0 Å². The molecule has 1 fully saturated rings. The Morgan fingerprint density at radius 3 is 2.68 bits per heavy atom. The highest BCUT2D eigenvalue weighted by molar-refractivity contribution is 9.10. The maximum Gasteiger partial charge on any atom is 0.420 e. The topological polar surface area (TPSA) is 32.3 Å². The van der Waals surface area contributed by atoms with E-state index < -0.39 is 17.5 Å². The monoisotopic (exact) mass is 337 g/mol. The van der Waals surface area contributed by atoms with E-state index in [1.807, 2.05) is 0 Å². The summed E-state index contributed by atoms with van der Waals surface area (Å²) in [4.78, 5) is 0. The molecule has 0 spiro atoms. The zero-order valence-electron chi connectivity index (χ0n) is 10.2. The standard InChI is InChI=1S/C13H15BrF3NO/c14-10-5-9(4-8-2-1-3-18-7-8)12(19)11(6-10)13(15,16)17/h5-6,8,18-19H,1-4,7H2. The highest BCUT2D eigenvalue weighted by Crippen LogP contribution is 2.40. The van der Waals surface area contributed by atoms with E-state index in [0.717, 1.165) is 32.0 Å². The van der Waals surface area contributed by atoms with Crippen LogP contribution in [0.3, 0.4) is 0 Å². The van der Waals surface area contributed by atoms with Gasteiger partial charge in [-0.2, -0.15) is 13.2 Å². The minimum atomic E-state index is -4.53. The third-order valence-electron chi connectivity index (χ3n) is 3.37. The second kappa shape index (κ2) is 5.71. The largest absolute Gasteiger partial charge is 0.507 e. The number of nitrogens with one attached hydrogen (secondary N) is 1. The molecule has 6 heteroatoms. The van der Waals surface area contributed by atoms with Crippen LogP contribution in [-0.4, -0.2) is 18.2 Å². The fourth-order valence-electron chi connectivity index (χ4n) is 2.44. The number of alkyl halides is 3. The summed E-state index contributed by atoms with van der Waals surface area (Å²) in [5.74, 6) is -0.365. The summed E-state index contributed by atoms with van der Waals surface area (Å²) in [6.07, 6.45) is -2.08. The molecule has 1 unspecified atom stereocenters. The first-order valence-electron chi connectivity index (χ1n) is 6.17. The first-order valence-corrected chi connectivity index (χ1v) is 6.96. The smallest absolute Gasteiger partial charge is 0.420 e. The Hall–Kier alpha value is -0.750. The Balaban J connectivity index is 2.27.